The van der Waals surface area contributed by atoms with Crippen molar-refractivity contribution in [1.29, 1.82) is 0 Å². The summed E-state index contributed by atoms with van der Waals surface area (Å²) in [5.74, 6) is 0.724. The molecule has 1 amide bonds. The van der Waals surface area contributed by atoms with Crippen molar-refractivity contribution in [3.05, 3.63) is 17.5 Å². The highest BCUT2D eigenvalue weighted by Gasteiger charge is 2.47. The van der Waals surface area contributed by atoms with Crippen LogP contribution in [0.15, 0.2) is 10.6 Å². The highest BCUT2D eigenvalue weighted by molar-refractivity contribution is 7.91. The normalized spacial score (nSPS) is 28.1. The molecule has 0 aliphatic carbocycles. The molecule has 22 heavy (non-hydrogen) atoms. The van der Waals surface area contributed by atoms with Crippen molar-refractivity contribution in [3.63, 3.8) is 0 Å². The van der Waals surface area contributed by atoms with Gasteiger partial charge in [-0.05, 0) is 7.05 Å². The number of rotatable bonds is 2. The van der Waals surface area contributed by atoms with Gasteiger partial charge in [0.1, 0.15) is 5.76 Å². The van der Waals surface area contributed by atoms with E-state index in [0.29, 0.717) is 18.8 Å². The first-order chi connectivity index (χ1) is 10.3. The van der Waals surface area contributed by atoms with E-state index in [1.165, 1.54) is 0 Å². The molecule has 7 nitrogen and oxygen atoms in total. The van der Waals surface area contributed by atoms with E-state index >= 15 is 0 Å². The lowest BCUT2D eigenvalue weighted by Crippen LogP contribution is -2.59. The fourth-order valence-corrected chi connectivity index (χ4v) is 5.24. The van der Waals surface area contributed by atoms with E-state index in [4.69, 9.17) is 4.52 Å². The standard InChI is InChI=1S/C14H21N3O4S/c1-9(2)13-6-10(15-21-13)14(18)17-5-4-16(3)11-7-22(19,20)8-12(11)17/h6,9,11-12H,4-5,7-8H2,1-3H3/t11-,12+/m0/s1. The third-order valence-electron chi connectivity index (χ3n) is 4.53. The van der Waals surface area contributed by atoms with Crippen molar-refractivity contribution < 1.29 is 17.7 Å². The van der Waals surface area contributed by atoms with Crippen molar-refractivity contribution in [1.82, 2.24) is 15.0 Å². The van der Waals surface area contributed by atoms with Crippen LogP contribution >= 0.6 is 0 Å². The molecule has 8 heteroatoms. The van der Waals surface area contributed by atoms with Crippen LogP contribution in [0.25, 0.3) is 0 Å². The average molecular weight is 327 g/mol. The number of hydrogen-bond donors (Lipinski definition) is 0. The zero-order chi connectivity index (χ0) is 16.1. The number of sulfone groups is 1. The van der Waals surface area contributed by atoms with E-state index in [9.17, 15) is 13.2 Å². The van der Waals surface area contributed by atoms with E-state index in [2.05, 4.69) is 5.16 Å². The van der Waals surface area contributed by atoms with Crippen molar-refractivity contribution in [3.8, 4) is 0 Å². The molecule has 0 bridgehead atoms. The summed E-state index contributed by atoms with van der Waals surface area (Å²) in [7, 11) is -1.19. The van der Waals surface area contributed by atoms with Gasteiger partial charge in [0.2, 0.25) is 0 Å². The monoisotopic (exact) mass is 327 g/mol. The molecule has 0 radical (unpaired) electrons. The number of fused-ring (bicyclic) bond motifs is 1. The van der Waals surface area contributed by atoms with Gasteiger partial charge < -0.3 is 9.42 Å². The number of amides is 1. The lowest BCUT2D eigenvalue weighted by atomic mass is 10.0. The van der Waals surface area contributed by atoms with E-state index in [1.54, 1.807) is 11.0 Å². The Morgan fingerprint density at radius 1 is 1.32 bits per heavy atom. The molecule has 0 N–H and O–H groups in total. The summed E-state index contributed by atoms with van der Waals surface area (Å²) in [5, 5.41) is 3.85. The van der Waals surface area contributed by atoms with Crippen LogP contribution in [0.4, 0.5) is 0 Å². The number of hydrogen-bond acceptors (Lipinski definition) is 6. The van der Waals surface area contributed by atoms with Gasteiger partial charge in [-0.3, -0.25) is 9.69 Å². The molecule has 3 rings (SSSR count). The number of aromatic nitrogens is 1. The summed E-state index contributed by atoms with van der Waals surface area (Å²) in [5.41, 5.74) is 0.260. The molecule has 0 saturated carbocycles. The molecule has 2 aliphatic rings. The maximum atomic E-state index is 12.7. The van der Waals surface area contributed by atoms with E-state index in [0.717, 1.165) is 0 Å². The molecule has 0 unspecified atom stereocenters. The number of nitrogens with zero attached hydrogens (tertiary/aromatic N) is 3. The quantitative estimate of drug-likeness (QED) is 0.779. The van der Waals surface area contributed by atoms with Crippen LogP contribution in [0.3, 0.4) is 0 Å². The minimum atomic E-state index is -3.10. The van der Waals surface area contributed by atoms with Gasteiger partial charge >= 0.3 is 0 Å². The van der Waals surface area contributed by atoms with E-state index < -0.39 is 9.84 Å². The second-order valence-electron chi connectivity index (χ2n) is 6.46. The molecule has 2 aliphatic heterocycles. The van der Waals surface area contributed by atoms with Gasteiger partial charge in [0.25, 0.3) is 5.91 Å². The van der Waals surface area contributed by atoms with Crippen molar-refractivity contribution >= 4 is 15.7 Å². The second kappa shape index (κ2) is 5.34. The van der Waals surface area contributed by atoms with Gasteiger partial charge in [-0.2, -0.15) is 0 Å². The largest absolute Gasteiger partial charge is 0.360 e. The Hall–Kier alpha value is -1.41. The smallest absolute Gasteiger partial charge is 0.276 e. The molecule has 0 spiro atoms. The Morgan fingerprint density at radius 2 is 2.00 bits per heavy atom. The maximum Gasteiger partial charge on any atom is 0.276 e. The summed E-state index contributed by atoms with van der Waals surface area (Å²) in [6, 6.07) is 1.23. The highest BCUT2D eigenvalue weighted by Crippen LogP contribution is 2.27. The fourth-order valence-electron chi connectivity index (χ4n) is 3.19. The molecule has 1 aromatic rings. The molecular formula is C14H21N3O4S. The number of carbonyl (C=O) groups excluding carboxylic acids is 1. The number of carbonyl (C=O) groups is 1. The van der Waals surface area contributed by atoms with Crippen LogP contribution in [0.5, 0.6) is 0 Å². The maximum absolute atomic E-state index is 12.7. The van der Waals surface area contributed by atoms with Crippen LogP contribution in [-0.4, -0.2) is 73.0 Å². The molecule has 1 aromatic heterocycles. The lowest BCUT2D eigenvalue weighted by Gasteiger charge is -2.41. The highest BCUT2D eigenvalue weighted by atomic mass is 32.2. The predicted molar refractivity (Wildman–Crippen MR) is 80.5 cm³/mol. The molecule has 122 valence electrons. The second-order valence-corrected chi connectivity index (χ2v) is 8.61. The van der Waals surface area contributed by atoms with Crippen molar-refractivity contribution in [2.45, 2.75) is 31.8 Å². The third kappa shape index (κ3) is 2.65. The fraction of sp³-hybridized carbons (Fsp3) is 0.714. The third-order valence-corrected chi connectivity index (χ3v) is 6.23. The number of likely N-dealkylation sites (N-methyl/N-ethyl adjacent to an activating group) is 1. The van der Waals surface area contributed by atoms with Gasteiger partial charge in [0, 0.05) is 31.1 Å². The Bertz CT molecular complexity index is 682. The first-order valence-corrected chi connectivity index (χ1v) is 9.29. The average Bonchev–Trinajstić information content (AvgIpc) is 3.02. The van der Waals surface area contributed by atoms with Crippen LogP contribution < -0.4 is 0 Å². The minimum absolute atomic E-state index is 0.0304. The van der Waals surface area contributed by atoms with Crippen LogP contribution in [-0.2, 0) is 9.84 Å². The Kier molecular flexibility index (Phi) is 3.76. The predicted octanol–water partition coefficient (Wildman–Crippen LogP) is 0.351. The van der Waals surface area contributed by atoms with Gasteiger partial charge in [-0.15, -0.1) is 0 Å². The van der Waals surface area contributed by atoms with E-state index in [-0.39, 0.29) is 41.1 Å². The summed E-state index contributed by atoms with van der Waals surface area (Å²) < 4.78 is 29.1. The van der Waals surface area contributed by atoms with E-state index in [1.807, 2.05) is 25.8 Å². The summed E-state index contributed by atoms with van der Waals surface area (Å²) in [4.78, 5) is 16.4. The van der Waals surface area contributed by atoms with Gasteiger partial charge in [0.15, 0.2) is 15.5 Å². The molecular weight excluding hydrogens is 306 g/mol. The SMILES string of the molecule is CC(C)c1cc(C(=O)N2CCN(C)[C@H]3CS(=O)(=O)C[C@H]32)no1. The first kappa shape index (κ1) is 15.5. The summed E-state index contributed by atoms with van der Waals surface area (Å²) in [6.07, 6.45) is 0. The number of piperazine rings is 1. The van der Waals surface area contributed by atoms with Gasteiger partial charge in [-0.25, -0.2) is 8.42 Å². The van der Waals surface area contributed by atoms with Crippen LogP contribution in [0.2, 0.25) is 0 Å². The lowest BCUT2D eigenvalue weighted by molar-refractivity contribution is 0.0401. The molecule has 0 aromatic carbocycles. The summed E-state index contributed by atoms with van der Waals surface area (Å²) in [6.45, 7) is 5.10. The van der Waals surface area contributed by atoms with Gasteiger partial charge in [-0.1, -0.05) is 19.0 Å². The Labute approximate surface area is 130 Å². The Balaban J connectivity index is 1.85. The minimum Gasteiger partial charge on any atom is -0.360 e. The molecule has 2 atom stereocenters. The Morgan fingerprint density at radius 3 is 2.64 bits per heavy atom. The molecule has 2 fully saturated rings. The van der Waals surface area contributed by atoms with Crippen LogP contribution in [0, 0.1) is 0 Å². The van der Waals surface area contributed by atoms with Crippen molar-refractivity contribution in [2.24, 2.45) is 0 Å². The summed E-state index contributed by atoms with van der Waals surface area (Å²) >= 11 is 0. The van der Waals surface area contributed by atoms with Crippen LogP contribution in [0.1, 0.15) is 36.0 Å². The molecule has 2 saturated heterocycles. The zero-order valence-electron chi connectivity index (χ0n) is 13.0. The first-order valence-electron chi connectivity index (χ1n) is 7.47. The topological polar surface area (TPSA) is 83.7 Å². The van der Waals surface area contributed by atoms with Crippen molar-refractivity contribution in [2.75, 3.05) is 31.6 Å². The zero-order valence-corrected chi connectivity index (χ0v) is 13.8. The van der Waals surface area contributed by atoms with Gasteiger partial charge in [0.05, 0.1) is 17.5 Å². The molecule has 3 heterocycles.